The summed E-state index contributed by atoms with van der Waals surface area (Å²) in [6.07, 6.45) is 5.84. The maximum absolute atomic E-state index is 3.68. The smallest absolute Gasteiger partial charge is 0.0379 e. The number of anilines is 1. The summed E-state index contributed by atoms with van der Waals surface area (Å²) < 4.78 is 0. The van der Waals surface area contributed by atoms with Crippen LogP contribution in [-0.4, -0.2) is 5.54 Å². The number of hydrogen-bond donors (Lipinski definition) is 1. The van der Waals surface area contributed by atoms with Crippen LogP contribution in [0.5, 0.6) is 0 Å². The van der Waals surface area contributed by atoms with Crippen LogP contribution >= 0.6 is 0 Å². The Morgan fingerprint density at radius 3 is 2.50 bits per heavy atom. The lowest BCUT2D eigenvalue weighted by Gasteiger charge is -2.24. The van der Waals surface area contributed by atoms with Gasteiger partial charge in [-0.2, -0.15) is 0 Å². The lowest BCUT2D eigenvalue weighted by Crippen LogP contribution is -2.26. The van der Waals surface area contributed by atoms with Gasteiger partial charge in [-0.25, -0.2) is 0 Å². The fourth-order valence-electron chi connectivity index (χ4n) is 1.55. The molecule has 0 heterocycles. The molecule has 0 saturated carbocycles. The van der Waals surface area contributed by atoms with E-state index in [0.717, 1.165) is 0 Å². The molecule has 1 nitrogen and oxygen atoms in total. The van der Waals surface area contributed by atoms with Gasteiger partial charge in [0.1, 0.15) is 0 Å². The van der Waals surface area contributed by atoms with E-state index in [2.05, 4.69) is 63.9 Å². The highest BCUT2D eigenvalue weighted by Gasteiger charge is 2.11. The normalized spacial score (nSPS) is 11.8. The molecule has 0 aliphatic carbocycles. The fourth-order valence-corrected chi connectivity index (χ4v) is 1.55. The van der Waals surface area contributed by atoms with Crippen molar-refractivity contribution in [1.82, 2.24) is 0 Å². The summed E-state index contributed by atoms with van der Waals surface area (Å²) in [5.41, 5.74) is 3.79. The maximum atomic E-state index is 3.68. The highest BCUT2D eigenvalue weighted by atomic mass is 14.9. The standard InChI is InChI=1S/C15H21N/c1-6-7-9-13-10-8-11-14(12(13)2)16-15(3,4)5/h6-11,16H,1H2,2-5H3/b9-7-. The molecule has 0 saturated heterocycles. The highest BCUT2D eigenvalue weighted by Crippen LogP contribution is 2.23. The molecule has 0 aliphatic rings. The Bertz CT molecular complexity index is 394. The van der Waals surface area contributed by atoms with Crippen molar-refractivity contribution < 1.29 is 0 Å². The summed E-state index contributed by atoms with van der Waals surface area (Å²) in [7, 11) is 0. The minimum Gasteiger partial charge on any atom is -0.380 e. The van der Waals surface area contributed by atoms with Gasteiger partial charge in [-0.15, -0.1) is 0 Å². The second-order valence-corrected chi connectivity index (χ2v) is 4.99. The van der Waals surface area contributed by atoms with E-state index in [1.165, 1.54) is 16.8 Å². The van der Waals surface area contributed by atoms with Crippen LogP contribution in [0.3, 0.4) is 0 Å². The summed E-state index contributed by atoms with van der Waals surface area (Å²) in [6.45, 7) is 12.3. The Hall–Kier alpha value is -1.50. The van der Waals surface area contributed by atoms with Crippen molar-refractivity contribution in [2.75, 3.05) is 5.32 Å². The van der Waals surface area contributed by atoms with Crippen LogP contribution in [0.15, 0.2) is 36.9 Å². The van der Waals surface area contributed by atoms with Crippen molar-refractivity contribution in [2.24, 2.45) is 0 Å². The zero-order valence-corrected chi connectivity index (χ0v) is 10.7. The topological polar surface area (TPSA) is 12.0 Å². The zero-order valence-electron chi connectivity index (χ0n) is 10.7. The third kappa shape index (κ3) is 3.58. The van der Waals surface area contributed by atoms with Crippen molar-refractivity contribution in [3.05, 3.63) is 48.1 Å². The molecule has 86 valence electrons. The fraction of sp³-hybridized carbons (Fsp3) is 0.333. The number of hydrogen-bond acceptors (Lipinski definition) is 1. The van der Waals surface area contributed by atoms with E-state index in [1.54, 1.807) is 6.08 Å². The van der Waals surface area contributed by atoms with Crippen LogP contribution in [0.2, 0.25) is 0 Å². The Labute approximate surface area is 98.9 Å². The summed E-state index contributed by atoms with van der Waals surface area (Å²) in [6, 6.07) is 6.30. The van der Waals surface area contributed by atoms with Gasteiger partial charge >= 0.3 is 0 Å². The van der Waals surface area contributed by atoms with Crippen molar-refractivity contribution in [2.45, 2.75) is 33.2 Å². The van der Waals surface area contributed by atoms with Gasteiger partial charge in [-0.1, -0.05) is 36.9 Å². The molecule has 1 rings (SSSR count). The molecule has 0 aliphatic heterocycles. The van der Waals surface area contributed by atoms with Crippen LogP contribution in [0.25, 0.3) is 6.08 Å². The van der Waals surface area contributed by atoms with Gasteiger partial charge < -0.3 is 5.32 Å². The molecule has 0 atom stereocenters. The maximum Gasteiger partial charge on any atom is 0.0379 e. The number of allylic oxidation sites excluding steroid dienone is 2. The van der Waals surface area contributed by atoms with Gasteiger partial charge in [0.05, 0.1) is 0 Å². The van der Waals surface area contributed by atoms with Crippen LogP contribution in [0, 0.1) is 6.92 Å². The first-order valence-corrected chi connectivity index (χ1v) is 5.61. The summed E-state index contributed by atoms with van der Waals surface area (Å²) in [5, 5.41) is 3.51. The number of benzene rings is 1. The van der Waals surface area contributed by atoms with Crippen molar-refractivity contribution in [3.8, 4) is 0 Å². The first-order valence-electron chi connectivity index (χ1n) is 5.61. The summed E-state index contributed by atoms with van der Waals surface area (Å²) in [4.78, 5) is 0. The molecule has 1 aromatic carbocycles. The molecule has 0 spiro atoms. The molecule has 0 unspecified atom stereocenters. The quantitative estimate of drug-likeness (QED) is 0.737. The van der Waals surface area contributed by atoms with Crippen LogP contribution in [0.1, 0.15) is 31.9 Å². The number of rotatable bonds is 3. The minimum absolute atomic E-state index is 0.0888. The highest BCUT2D eigenvalue weighted by molar-refractivity contribution is 5.65. The van der Waals surface area contributed by atoms with Gasteiger partial charge in [0, 0.05) is 11.2 Å². The van der Waals surface area contributed by atoms with E-state index in [9.17, 15) is 0 Å². The van der Waals surface area contributed by atoms with Gasteiger partial charge in [-0.05, 0) is 44.9 Å². The monoisotopic (exact) mass is 215 g/mol. The second-order valence-electron chi connectivity index (χ2n) is 4.99. The van der Waals surface area contributed by atoms with Crippen molar-refractivity contribution >= 4 is 11.8 Å². The van der Waals surface area contributed by atoms with E-state index >= 15 is 0 Å². The first-order chi connectivity index (χ1) is 7.44. The van der Waals surface area contributed by atoms with E-state index in [1.807, 2.05) is 6.08 Å². The lowest BCUT2D eigenvalue weighted by molar-refractivity contribution is 0.633. The molecule has 1 heteroatoms. The first kappa shape index (κ1) is 12.6. The zero-order chi connectivity index (χ0) is 12.2. The molecule has 16 heavy (non-hydrogen) atoms. The van der Waals surface area contributed by atoms with E-state index in [0.29, 0.717) is 0 Å². The molecular weight excluding hydrogens is 194 g/mol. The molecular formula is C15H21N. The average Bonchev–Trinajstić information content (AvgIpc) is 2.17. The Morgan fingerprint density at radius 1 is 1.25 bits per heavy atom. The van der Waals surface area contributed by atoms with Gasteiger partial charge in [0.2, 0.25) is 0 Å². The Morgan fingerprint density at radius 2 is 1.94 bits per heavy atom. The van der Waals surface area contributed by atoms with E-state index in [-0.39, 0.29) is 5.54 Å². The molecule has 0 fully saturated rings. The number of nitrogens with one attached hydrogen (secondary N) is 1. The average molecular weight is 215 g/mol. The Balaban J connectivity index is 3.04. The van der Waals surface area contributed by atoms with Crippen molar-refractivity contribution in [3.63, 3.8) is 0 Å². The van der Waals surface area contributed by atoms with E-state index < -0.39 is 0 Å². The van der Waals surface area contributed by atoms with Crippen LogP contribution in [-0.2, 0) is 0 Å². The molecule has 1 N–H and O–H groups in total. The summed E-state index contributed by atoms with van der Waals surface area (Å²) in [5.74, 6) is 0. The van der Waals surface area contributed by atoms with Gasteiger partial charge in [0.15, 0.2) is 0 Å². The third-order valence-electron chi connectivity index (χ3n) is 2.30. The molecule has 0 radical (unpaired) electrons. The molecule has 0 aromatic heterocycles. The second kappa shape index (κ2) is 5.02. The Kier molecular flexibility index (Phi) is 3.94. The SMILES string of the molecule is C=C/C=C\c1cccc(NC(C)(C)C)c1C. The molecule has 0 bridgehead atoms. The predicted octanol–water partition coefficient (Wildman–Crippen LogP) is 4.40. The summed E-state index contributed by atoms with van der Waals surface area (Å²) >= 11 is 0. The molecule has 1 aromatic rings. The van der Waals surface area contributed by atoms with Gasteiger partial charge in [0.25, 0.3) is 0 Å². The van der Waals surface area contributed by atoms with Crippen LogP contribution in [0.4, 0.5) is 5.69 Å². The molecule has 0 amide bonds. The largest absolute Gasteiger partial charge is 0.380 e. The minimum atomic E-state index is 0.0888. The van der Waals surface area contributed by atoms with Crippen molar-refractivity contribution in [1.29, 1.82) is 0 Å². The lowest BCUT2D eigenvalue weighted by atomic mass is 10.0. The third-order valence-corrected chi connectivity index (χ3v) is 2.30. The predicted molar refractivity (Wildman–Crippen MR) is 73.8 cm³/mol. The van der Waals surface area contributed by atoms with E-state index in [4.69, 9.17) is 0 Å². The van der Waals surface area contributed by atoms with Gasteiger partial charge in [-0.3, -0.25) is 0 Å². The van der Waals surface area contributed by atoms with Crippen LogP contribution < -0.4 is 5.32 Å².